The van der Waals surface area contributed by atoms with E-state index in [1.165, 1.54) is 0 Å². The van der Waals surface area contributed by atoms with Gasteiger partial charge in [-0.05, 0) is 13.8 Å². The molecule has 0 unspecified atom stereocenters. The molecule has 0 aromatic carbocycles. The second-order valence-electron chi connectivity index (χ2n) is 5.23. The molecule has 2 heterocycles. The number of carbonyl (C=O) groups is 2. The lowest BCUT2D eigenvalue weighted by Gasteiger charge is -2.33. The van der Waals surface area contributed by atoms with Crippen molar-refractivity contribution < 1.29 is 18.8 Å². The summed E-state index contributed by atoms with van der Waals surface area (Å²) in [5.41, 5.74) is 0. The number of aromatic nitrogens is 1. The van der Waals surface area contributed by atoms with Gasteiger partial charge in [-0.25, -0.2) is 0 Å². The minimum atomic E-state index is -0.199. The summed E-state index contributed by atoms with van der Waals surface area (Å²) < 4.78 is 9.83. The molecule has 8 heteroatoms. The Balaban J connectivity index is 1.68. The molecule has 8 nitrogen and oxygen atoms in total. The van der Waals surface area contributed by atoms with Gasteiger partial charge < -0.3 is 14.6 Å². The number of nitrogens with one attached hydrogen (secondary N) is 1. The minimum absolute atomic E-state index is 0.118. The molecule has 1 N–H and O–H groups in total. The fourth-order valence-electron chi connectivity index (χ4n) is 2.31. The number of amides is 1. The quantitative estimate of drug-likeness (QED) is 0.746. The van der Waals surface area contributed by atoms with Gasteiger partial charge >= 0.3 is 5.97 Å². The predicted molar refractivity (Wildman–Crippen MR) is 79.4 cm³/mol. The molecule has 1 aromatic heterocycles. The smallest absolute Gasteiger partial charge is 0.320 e. The largest absolute Gasteiger partial charge is 0.465 e. The highest BCUT2D eigenvalue weighted by atomic mass is 16.5. The van der Waals surface area contributed by atoms with Crippen molar-refractivity contribution in [3.05, 3.63) is 11.8 Å². The molecule has 0 spiro atoms. The molecule has 1 aromatic rings. The molecule has 1 amide bonds. The molecule has 1 saturated heterocycles. The Bertz CT molecular complexity index is 509. The number of hydrogen-bond acceptors (Lipinski definition) is 7. The number of carbonyl (C=O) groups excluding carboxylic acids is 2. The molecule has 0 bridgehead atoms. The van der Waals surface area contributed by atoms with Crippen LogP contribution < -0.4 is 5.32 Å². The molecular weight excluding hydrogens is 288 g/mol. The van der Waals surface area contributed by atoms with E-state index in [1.807, 2.05) is 9.80 Å². The summed E-state index contributed by atoms with van der Waals surface area (Å²) >= 11 is 0. The Labute approximate surface area is 129 Å². The van der Waals surface area contributed by atoms with Gasteiger partial charge in [-0.3, -0.25) is 19.4 Å². The molecular formula is C14H22N4O4. The number of anilines is 1. The summed E-state index contributed by atoms with van der Waals surface area (Å²) in [6, 6.07) is 1.68. The SMILES string of the molecule is CCOC(=O)CN1CCN(CC(=O)Nc2cc(C)on2)CC1. The molecule has 1 aliphatic rings. The predicted octanol–water partition coefficient (Wildman–Crippen LogP) is 0.102. The molecule has 0 atom stereocenters. The van der Waals surface area contributed by atoms with Gasteiger partial charge in [-0.2, -0.15) is 0 Å². The van der Waals surface area contributed by atoms with Gasteiger partial charge in [0, 0.05) is 32.2 Å². The summed E-state index contributed by atoms with van der Waals surface area (Å²) in [5, 5.41) is 6.42. The van der Waals surface area contributed by atoms with Crippen molar-refractivity contribution in [2.45, 2.75) is 13.8 Å². The Morgan fingerprint density at radius 3 is 2.45 bits per heavy atom. The van der Waals surface area contributed by atoms with E-state index in [0.29, 0.717) is 31.3 Å². The van der Waals surface area contributed by atoms with E-state index in [2.05, 4.69) is 10.5 Å². The molecule has 122 valence electrons. The zero-order chi connectivity index (χ0) is 15.9. The zero-order valence-electron chi connectivity index (χ0n) is 13.0. The Morgan fingerprint density at radius 1 is 1.27 bits per heavy atom. The van der Waals surface area contributed by atoms with Gasteiger partial charge in [0.1, 0.15) is 5.76 Å². The number of aryl methyl sites for hydroxylation is 1. The van der Waals surface area contributed by atoms with E-state index >= 15 is 0 Å². The summed E-state index contributed by atoms with van der Waals surface area (Å²) in [6.45, 7) is 7.56. The average Bonchev–Trinajstić information content (AvgIpc) is 2.86. The van der Waals surface area contributed by atoms with Gasteiger partial charge in [0.25, 0.3) is 0 Å². The van der Waals surface area contributed by atoms with Crippen molar-refractivity contribution in [1.29, 1.82) is 0 Å². The van der Waals surface area contributed by atoms with E-state index in [9.17, 15) is 9.59 Å². The van der Waals surface area contributed by atoms with Gasteiger partial charge in [0.05, 0.1) is 19.7 Å². The third-order valence-corrected chi connectivity index (χ3v) is 3.39. The molecule has 22 heavy (non-hydrogen) atoms. The highest BCUT2D eigenvalue weighted by Gasteiger charge is 2.21. The summed E-state index contributed by atoms with van der Waals surface area (Å²) in [5.74, 6) is 0.772. The summed E-state index contributed by atoms with van der Waals surface area (Å²) in [4.78, 5) is 27.4. The van der Waals surface area contributed by atoms with Crippen molar-refractivity contribution in [3.8, 4) is 0 Å². The lowest BCUT2D eigenvalue weighted by atomic mass is 10.3. The fraction of sp³-hybridized carbons (Fsp3) is 0.643. The minimum Gasteiger partial charge on any atom is -0.465 e. The first kappa shape index (κ1) is 16.4. The van der Waals surface area contributed by atoms with Crippen LogP contribution in [-0.4, -0.2) is 72.7 Å². The maximum absolute atomic E-state index is 11.9. The summed E-state index contributed by atoms with van der Waals surface area (Å²) in [6.07, 6.45) is 0. The zero-order valence-corrected chi connectivity index (χ0v) is 13.0. The lowest BCUT2D eigenvalue weighted by Crippen LogP contribution is -2.49. The monoisotopic (exact) mass is 310 g/mol. The lowest BCUT2D eigenvalue weighted by molar-refractivity contribution is -0.145. The first-order valence-electron chi connectivity index (χ1n) is 7.40. The molecule has 1 fully saturated rings. The van der Waals surface area contributed by atoms with Crippen LogP contribution in [0.3, 0.4) is 0 Å². The maximum Gasteiger partial charge on any atom is 0.320 e. The number of nitrogens with zero attached hydrogens (tertiary/aromatic N) is 3. The first-order valence-corrected chi connectivity index (χ1v) is 7.40. The van der Waals surface area contributed by atoms with Crippen molar-refractivity contribution in [1.82, 2.24) is 15.0 Å². The van der Waals surface area contributed by atoms with E-state index in [0.717, 1.165) is 26.2 Å². The third kappa shape index (κ3) is 5.12. The Hall–Kier alpha value is -1.93. The number of rotatable bonds is 6. The van der Waals surface area contributed by atoms with Crippen LogP contribution in [0, 0.1) is 6.92 Å². The molecule has 0 radical (unpaired) electrons. The van der Waals surface area contributed by atoms with Gasteiger partial charge in [0.15, 0.2) is 5.82 Å². The van der Waals surface area contributed by atoms with Crippen LogP contribution in [-0.2, 0) is 14.3 Å². The normalized spacial score (nSPS) is 16.5. The van der Waals surface area contributed by atoms with E-state index in [1.54, 1.807) is 19.9 Å². The fourth-order valence-corrected chi connectivity index (χ4v) is 2.31. The van der Waals surface area contributed by atoms with Crippen LogP contribution in [0.4, 0.5) is 5.82 Å². The standard InChI is InChI=1S/C14H22N4O4/c1-3-21-14(20)10-18-6-4-17(5-7-18)9-13(19)15-12-8-11(2)22-16-12/h8H,3-7,9-10H2,1-2H3,(H,15,16,19). The molecule has 0 aliphatic carbocycles. The molecule has 1 aliphatic heterocycles. The van der Waals surface area contributed by atoms with Crippen LogP contribution in [0.1, 0.15) is 12.7 Å². The van der Waals surface area contributed by atoms with Gasteiger partial charge in [0.2, 0.25) is 5.91 Å². The number of piperazine rings is 1. The average molecular weight is 310 g/mol. The second-order valence-corrected chi connectivity index (χ2v) is 5.23. The van der Waals surface area contributed by atoms with E-state index < -0.39 is 0 Å². The highest BCUT2D eigenvalue weighted by molar-refractivity contribution is 5.91. The van der Waals surface area contributed by atoms with Gasteiger partial charge in [-0.1, -0.05) is 5.16 Å². The Kier molecular flexibility index (Phi) is 5.91. The van der Waals surface area contributed by atoms with E-state index in [-0.39, 0.29) is 11.9 Å². The van der Waals surface area contributed by atoms with Crippen LogP contribution in [0.25, 0.3) is 0 Å². The Morgan fingerprint density at radius 2 is 1.91 bits per heavy atom. The van der Waals surface area contributed by atoms with Crippen molar-refractivity contribution in [2.24, 2.45) is 0 Å². The highest BCUT2D eigenvalue weighted by Crippen LogP contribution is 2.07. The van der Waals surface area contributed by atoms with Gasteiger partial charge in [-0.15, -0.1) is 0 Å². The molecule has 0 saturated carbocycles. The van der Waals surface area contributed by atoms with Crippen LogP contribution in [0.5, 0.6) is 0 Å². The first-order chi connectivity index (χ1) is 10.6. The number of esters is 1. The van der Waals surface area contributed by atoms with Crippen LogP contribution in [0.15, 0.2) is 10.6 Å². The van der Waals surface area contributed by atoms with Crippen molar-refractivity contribution >= 4 is 17.7 Å². The van der Waals surface area contributed by atoms with E-state index in [4.69, 9.17) is 9.26 Å². The van der Waals surface area contributed by atoms with Crippen molar-refractivity contribution in [3.63, 3.8) is 0 Å². The number of ether oxygens (including phenoxy) is 1. The summed E-state index contributed by atoms with van der Waals surface area (Å²) in [7, 11) is 0. The van der Waals surface area contributed by atoms with Crippen LogP contribution in [0.2, 0.25) is 0 Å². The third-order valence-electron chi connectivity index (χ3n) is 3.39. The number of hydrogen-bond donors (Lipinski definition) is 1. The topological polar surface area (TPSA) is 87.9 Å². The maximum atomic E-state index is 11.9. The second kappa shape index (κ2) is 7.90. The van der Waals surface area contributed by atoms with Crippen LogP contribution >= 0.6 is 0 Å². The molecule has 2 rings (SSSR count). The van der Waals surface area contributed by atoms with Crippen molar-refractivity contribution in [2.75, 3.05) is 51.2 Å².